The molecule has 2 aromatic heterocycles. The van der Waals surface area contributed by atoms with Crippen LogP contribution in [0.2, 0.25) is 0 Å². The number of hydrogen-bond donors (Lipinski definition) is 0. The molecule has 0 aliphatic carbocycles. The first-order valence-corrected chi connectivity index (χ1v) is 14.2. The predicted octanol–water partition coefficient (Wildman–Crippen LogP) is 4.27. The number of hydrogen-bond acceptors (Lipinski definition) is 7. The van der Waals surface area contributed by atoms with E-state index in [1.165, 1.54) is 22.8 Å². The van der Waals surface area contributed by atoms with Crippen LogP contribution >= 0.6 is 0 Å². The Bertz CT molecular complexity index is 1360. The molecule has 0 N–H and O–H groups in total. The molecular weight excluding hydrogens is 476 g/mol. The zero-order valence-electron chi connectivity index (χ0n) is 21.5. The third-order valence-corrected chi connectivity index (χ3v) is 8.42. The van der Waals surface area contributed by atoms with Gasteiger partial charge in [-0.15, -0.1) is 0 Å². The van der Waals surface area contributed by atoms with Crippen molar-refractivity contribution in [3.8, 4) is 11.4 Å². The molecule has 3 heterocycles. The predicted molar refractivity (Wildman–Crippen MR) is 141 cm³/mol. The van der Waals surface area contributed by atoms with Crippen LogP contribution in [0.3, 0.4) is 0 Å². The van der Waals surface area contributed by atoms with Crippen molar-refractivity contribution in [3.63, 3.8) is 0 Å². The topological polar surface area (TPSA) is 94.4 Å². The smallest absolute Gasteiger partial charge is 0.258 e. The Morgan fingerprint density at radius 1 is 1.11 bits per heavy atom. The first kappa shape index (κ1) is 25.9. The maximum absolute atomic E-state index is 12.9. The number of ether oxygens (including phenoxy) is 1. The van der Waals surface area contributed by atoms with Gasteiger partial charge in [-0.1, -0.05) is 13.8 Å². The number of rotatable bonds is 8. The average molecular weight is 511 g/mol. The van der Waals surface area contributed by atoms with E-state index in [9.17, 15) is 13.2 Å². The summed E-state index contributed by atoms with van der Waals surface area (Å²) >= 11 is 0. The molecule has 0 radical (unpaired) electrons. The van der Waals surface area contributed by atoms with Gasteiger partial charge in [0.1, 0.15) is 11.4 Å². The van der Waals surface area contributed by atoms with Crippen molar-refractivity contribution in [1.82, 2.24) is 14.5 Å². The fourth-order valence-corrected chi connectivity index (χ4v) is 5.56. The Morgan fingerprint density at radius 3 is 2.36 bits per heavy atom. The molecule has 36 heavy (non-hydrogen) atoms. The number of nitrogens with zero attached hydrogens (tertiary/aromatic N) is 4. The normalized spacial score (nSPS) is 21.8. The van der Waals surface area contributed by atoms with E-state index in [1.54, 1.807) is 36.8 Å². The van der Waals surface area contributed by atoms with Crippen LogP contribution in [-0.4, -0.2) is 46.9 Å². The molecule has 0 unspecified atom stereocenters. The molecule has 1 fully saturated rings. The van der Waals surface area contributed by atoms with Gasteiger partial charge in [0.25, 0.3) is 5.56 Å². The van der Waals surface area contributed by atoms with Gasteiger partial charge in [-0.2, -0.15) is 0 Å². The molecule has 1 saturated heterocycles. The number of anilines is 1. The van der Waals surface area contributed by atoms with Crippen LogP contribution in [0, 0.1) is 5.92 Å². The maximum Gasteiger partial charge on any atom is 0.258 e. The van der Waals surface area contributed by atoms with Gasteiger partial charge >= 0.3 is 0 Å². The lowest BCUT2D eigenvalue weighted by molar-refractivity contribution is 0.0669. The Hall–Kier alpha value is -3.20. The number of sulfone groups is 1. The van der Waals surface area contributed by atoms with Crippen LogP contribution < -0.4 is 15.2 Å². The van der Waals surface area contributed by atoms with E-state index in [-0.39, 0.29) is 16.5 Å². The first-order chi connectivity index (χ1) is 17.0. The van der Waals surface area contributed by atoms with Gasteiger partial charge in [0, 0.05) is 55.1 Å². The van der Waals surface area contributed by atoms with E-state index in [0.717, 1.165) is 31.5 Å². The van der Waals surface area contributed by atoms with Gasteiger partial charge in [0.05, 0.1) is 4.90 Å². The third-order valence-electron chi connectivity index (χ3n) is 7.30. The van der Waals surface area contributed by atoms with Crippen molar-refractivity contribution in [3.05, 3.63) is 71.4 Å². The average Bonchev–Trinajstić information content (AvgIpc) is 3.11. The molecular formula is C27H34N4O4S. The van der Waals surface area contributed by atoms with Gasteiger partial charge in [0.2, 0.25) is 5.95 Å². The third kappa shape index (κ3) is 5.46. The Kier molecular flexibility index (Phi) is 7.22. The molecule has 0 bridgehead atoms. The highest BCUT2D eigenvalue weighted by molar-refractivity contribution is 7.90. The molecule has 3 aromatic rings. The minimum Gasteiger partial charge on any atom is -0.487 e. The number of benzene rings is 1. The highest BCUT2D eigenvalue weighted by atomic mass is 32.2. The Morgan fingerprint density at radius 2 is 1.78 bits per heavy atom. The molecule has 1 aliphatic heterocycles. The summed E-state index contributed by atoms with van der Waals surface area (Å²) in [5.74, 6) is 1.75. The van der Waals surface area contributed by atoms with Crippen molar-refractivity contribution < 1.29 is 13.2 Å². The zero-order valence-corrected chi connectivity index (χ0v) is 22.3. The Labute approximate surface area is 212 Å². The van der Waals surface area contributed by atoms with Gasteiger partial charge in [-0.05, 0) is 69.0 Å². The summed E-state index contributed by atoms with van der Waals surface area (Å²) in [4.78, 5) is 24.4. The summed E-state index contributed by atoms with van der Waals surface area (Å²) < 4.78 is 31.4. The molecule has 4 atom stereocenters. The summed E-state index contributed by atoms with van der Waals surface area (Å²) in [5, 5.41) is 0. The molecule has 192 valence electrons. The van der Waals surface area contributed by atoms with Crippen molar-refractivity contribution >= 4 is 15.8 Å². The van der Waals surface area contributed by atoms with E-state index >= 15 is 0 Å². The number of aromatic nitrogens is 3. The van der Waals surface area contributed by atoms with Crippen molar-refractivity contribution in [2.24, 2.45) is 5.92 Å². The van der Waals surface area contributed by atoms with Crippen molar-refractivity contribution in [2.75, 3.05) is 11.2 Å². The van der Waals surface area contributed by atoms with Crippen molar-refractivity contribution in [1.29, 1.82) is 0 Å². The summed E-state index contributed by atoms with van der Waals surface area (Å²) in [7, 11) is -3.30. The molecule has 9 heteroatoms. The largest absolute Gasteiger partial charge is 0.487 e. The fourth-order valence-electron chi connectivity index (χ4n) is 4.93. The van der Waals surface area contributed by atoms with Gasteiger partial charge < -0.3 is 9.64 Å². The van der Waals surface area contributed by atoms with Crippen LogP contribution in [0.4, 0.5) is 5.95 Å². The van der Waals surface area contributed by atoms with Crippen molar-refractivity contribution in [2.45, 2.75) is 69.5 Å². The van der Waals surface area contributed by atoms with E-state index in [0.29, 0.717) is 23.4 Å². The summed E-state index contributed by atoms with van der Waals surface area (Å²) in [6.07, 6.45) is 8.92. The van der Waals surface area contributed by atoms with Gasteiger partial charge in [-0.3, -0.25) is 9.36 Å². The van der Waals surface area contributed by atoms with E-state index in [2.05, 4.69) is 42.6 Å². The molecule has 0 amide bonds. The van der Waals surface area contributed by atoms with Gasteiger partial charge in [-0.25, -0.2) is 18.4 Å². The highest BCUT2D eigenvalue weighted by Gasteiger charge is 2.41. The lowest BCUT2D eigenvalue weighted by Gasteiger charge is -2.36. The Balaban J connectivity index is 1.54. The second kappa shape index (κ2) is 10.0. The molecule has 8 nitrogen and oxygen atoms in total. The fraction of sp³-hybridized carbons (Fsp3) is 0.444. The summed E-state index contributed by atoms with van der Waals surface area (Å²) in [6.45, 7) is 8.65. The molecule has 1 aromatic carbocycles. The second-order valence-corrected chi connectivity index (χ2v) is 12.0. The SMILES string of the molecule is CC[C@@](C)(C[C@H]1C[C@@H](C)[C@H](C)N1c1ncccn1)Oc1ccn(-c2ccc(S(C)(=O)=O)cc2)c(=O)c1. The lowest BCUT2D eigenvalue weighted by Crippen LogP contribution is -2.44. The van der Waals surface area contributed by atoms with E-state index in [1.807, 2.05) is 6.07 Å². The number of pyridine rings is 1. The van der Waals surface area contributed by atoms with Crippen LogP contribution in [0.15, 0.2) is 70.7 Å². The quantitative estimate of drug-likeness (QED) is 0.447. The van der Waals surface area contributed by atoms with Gasteiger partial charge in [0.15, 0.2) is 9.84 Å². The summed E-state index contributed by atoms with van der Waals surface area (Å²) in [5.41, 5.74) is -0.151. The van der Waals surface area contributed by atoms with E-state index in [4.69, 9.17) is 4.74 Å². The van der Waals surface area contributed by atoms with E-state index < -0.39 is 15.4 Å². The molecule has 0 spiro atoms. The molecule has 0 saturated carbocycles. The molecule has 4 rings (SSSR count). The second-order valence-electron chi connectivity index (χ2n) is 10.0. The minimum atomic E-state index is -3.30. The lowest BCUT2D eigenvalue weighted by atomic mass is 9.91. The minimum absolute atomic E-state index is 0.212. The monoisotopic (exact) mass is 510 g/mol. The highest BCUT2D eigenvalue weighted by Crippen LogP contribution is 2.38. The van der Waals surface area contributed by atoms with Crippen LogP contribution in [0.25, 0.3) is 5.69 Å². The van der Waals surface area contributed by atoms with Crippen LogP contribution in [0.5, 0.6) is 5.75 Å². The maximum atomic E-state index is 12.9. The van der Waals surface area contributed by atoms with Crippen LogP contribution in [0.1, 0.15) is 47.0 Å². The first-order valence-electron chi connectivity index (χ1n) is 12.3. The standard InChI is InChI=1S/C27H34N4O4S/c1-6-27(4,18-22-16-19(2)20(3)31(22)26-28-13-7-14-29-26)35-23-12-15-30(25(32)17-23)21-8-10-24(11-9-21)36(5,33)34/h7-15,17,19-20,22H,6,16,18H2,1-5H3/t19-,20+,22-,27+/m1/s1. The summed E-state index contributed by atoms with van der Waals surface area (Å²) in [6, 6.07) is 11.9. The van der Waals surface area contributed by atoms with Crippen LogP contribution in [-0.2, 0) is 9.84 Å². The molecule has 1 aliphatic rings. The zero-order chi connectivity index (χ0) is 26.1.